The van der Waals surface area contributed by atoms with Crippen molar-refractivity contribution < 1.29 is 14.7 Å². The van der Waals surface area contributed by atoms with Crippen molar-refractivity contribution in [3.05, 3.63) is 24.3 Å². The number of rotatable bonds is 1. The lowest BCUT2D eigenvalue weighted by molar-refractivity contribution is 0.419. The summed E-state index contributed by atoms with van der Waals surface area (Å²) in [5, 5.41) is 9.26. The van der Waals surface area contributed by atoms with Crippen LogP contribution >= 0.6 is 0 Å². The van der Waals surface area contributed by atoms with Crippen molar-refractivity contribution in [1.82, 2.24) is 0 Å². The quantitative estimate of drug-likeness (QED) is 0.448. The Morgan fingerprint density at radius 3 is 2.10 bits per heavy atom. The molecule has 0 aliphatic rings. The van der Waals surface area contributed by atoms with Gasteiger partial charge in [-0.1, -0.05) is 18.2 Å². The number of hydrogen-bond donors (Lipinski definition) is 3. The molecule has 0 atom stereocenters. The average molecular weight is 156 g/mol. The average Bonchev–Trinajstić information content (AvgIpc) is 1.88. The van der Waals surface area contributed by atoms with Gasteiger partial charge in [-0.2, -0.15) is 0 Å². The van der Waals surface area contributed by atoms with Gasteiger partial charge in [0.1, 0.15) is 5.75 Å². The van der Waals surface area contributed by atoms with Crippen LogP contribution in [-0.2, 0) is 0 Å². The second-order valence-electron chi connectivity index (χ2n) is 1.93. The molecule has 0 aromatic heterocycles. The maximum Gasteiger partial charge on any atom is 0.354 e. The Balaban J connectivity index is 3.03. The lowest BCUT2D eigenvalue weighted by Crippen LogP contribution is -2.29. The van der Waals surface area contributed by atoms with Crippen molar-refractivity contribution >= 4 is 14.5 Å². The van der Waals surface area contributed by atoms with E-state index in [1.54, 1.807) is 12.1 Å². The van der Waals surface area contributed by atoms with Gasteiger partial charge in [0.2, 0.25) is 0 Å². The topological polar surface area (TPSA) is 60.7 Å². The number of aromatic hydroxyl groups is 1. The molecule has 0 heterocycles. The summed E-state index contributed by atoms with van der Waals surface area (Å²) in [6.07, 6.45) is 0. The molecule has 0 aliphatic heterocycles. The molecule has 0 fully saturated rings. The summed E-state index contributed by atoms with van der Waals surface area (Å²) >= 11 is 0. The summed E-state index contributed by atoms with van der Waals surface area (Å²) in [7, 11) is -2.82. The summed E-state index contributed by atoms with van der Waals surface area (Å²) in [4.78, 5) is 17.5. The summed E-state index contributed by atoms with van der Waals surface area (Å²) in [6, 6.07) is 6.23. The van der Waals surface area contributed by atoms with E-state index in [-0.39, 0.29) is 10.9 Å². The van der Waals surface area contributed by atoms with Crippen molar-refractivity contribution in [2.45, 2.75) is 0 Å². The van der Waals surface area contributed by atoms with Crippen LogP contribution in [0, 0.1) is 0 Å². The minimum Gasteiger partial charge on any atom is -0.508 e. The first-order chi connectivity index (χ1) is 4.72. The van der Waals surface area contributed by atoms with E-state index in [0.29, 0.717) is 0 Å². The van der Waals surface area contributed by atoms with Gasteiger partial charge in [-0.25, -0.2) is 0 Å². The third-order valence-corrected chi connectivity index (χ3v) is 2.26. The van der Waals surface area contributed by atoms with Gasteiger partial charge < -0.3 is 14.7 Å². The first kappa shape index (κ1) is 7.27. The number of hydrogen-bond acceptors (Lipinski definition) is 3. The van der Waals surface area contributed by atoms with Gasteiger partial charge in [0.15, 0.2) is 0 Å². The van der Waals surface area contributed by atoms with Gasteiger partial charge in [0.05, 0.1) is 0 Å². The van der Waals surface area contributed by atoms with Crippen LogP contribution in [0.3, 0.4) is 0 Å². The van der Waals surface area contributed by atoms with Crippen molar-refractivity contribution in [2.24, 2.45) is 0 Å². The SMILES string of the molecule is Oc1ccccc1[SiH](O)O. The Kier molecular flexibility index (Phi) is 2.05. The molecule has 54 valence electrons. The lowest BCUT2D eigenvalue weighted by atomic mass is 10.3. The number of para-hydroxylation sites is 1. The molecular formula is C6H8O3Si. The predicted octanol–water partition coefficient (Wildman–Crippen LogP) is -1.20. The molecule has 1 aromatic carbocycles. The van der Waals surface area contributed by atoms with Crippen molar-refractivity contribution in [3.8, 4) is 5.75 Å². The summed E-state index contributed by atoms with van der Waals surface area (Å²) in [5.74, 6) is -0.0378. The Bertz CT molecular complexity index is 224. The minimum absolute atomic E-state index is 0.0378. The molecule has 0 unspecified atom stereocenters. The molecule has 0 radical (unpaired) electrons. The molecule has 3 nitrogen and oxygen atoms in total. The zero-order valence-electron chi connectivity index (χ0n) is 5.23. The molecule has 0 amide bonds. The van der Waals surface area contributed by atoms with Crippen LogP contribution in [0.2, 0.25) is 0 Å². The van der Waals surface area contributed by atoms with Crippen LogP contribution in [0.25, 0.3) is 0 Å². The molecule has 1 rings (SSSR count). The van der Waals surface area contributed by atoms with Crippen LogP contribution in [-0.4, -0.2) is 24.0 Å². The Labute approximate surface area is 60.0 Å². The van der Waals surface area contributed by atoms with Crippen molar-refractivity contribution in [3.63, 3.8) is 0 Å². The lowest BCUT2D eigenvalue weighted by Gasteiger charge is -2.01. The first-order valence-corrected chi connectivity index (χ1v) is 4.47. The monoisotopic (exact) mass is 156 g/mol. The maximum absolute atomic E-state index is 9.00. The standard InChI is InChI=1S/C6H8O3Si/c7-5-3-1-2-4-6(5)10(8)9/h1-4,7-10H. The second-order valence-corrected chi connectivity index (χ2v) is 3.30. The molecule has 4 heteroatoms. The van der Waals surface area contributed by atoms with Gasteiger partial charge in [-0.05, 0) is 6.07 Å². The van der Waals surface area contributed by atoms with Gasteiger partial charge in [-0.15, -0.1) is 0 Å². The van der Waals surface area contributed by atoms with Crippen LogP contribution in [0.4, 0.5) is 0 Å². The highest BCUT2D eigenvalue weighted by Gasteiger charge is 2.09. The van der Waals surface area contributed by atoms with E-state index in [1.165, 1.54) is 12.1 Å². The van der Waals surface area contributed by atoms with E-state index in [1.807, 2.05) is 0 Å². The Hall–Kier alpha value is -0.843. The molecule has 0 saturated carbocycles. The van der Waals surface area contributed by atoms with Gasteiger partial charge in [-0.3, -0.25) is 0 Å². The zero-order valence-corrected chi connectivity index (χ0v) is 6.38. The normalized spacial score (nSPS) is 10.3. The van der Waals surface area contributed by atoms with Crippen LogP contribution < -0.4 is 5.19 Å². The van der Waals surface area contributed by atoms with Crippen LogP contribution in [0.5, 0.6) is 5.75 Å². The number of phenolic OH excluding ortho intramolecular Hbond substituents is 1. The zero-order chi connectivity index (χ0) is 7.56. The van der Waals surface area contributed by atoms with E-state index in [2.05, 4.69) is 0 Å². The molecule has 1 aromatic rings. The molecule has 0 bridgehead atoms. The molecule has 0 saturated heterocycles. The van der Waals surface area contributed by atoms with Crippen LogP contribution in [0.15, 0.2) is 24.3 Å². The van der Waals surface area contributed by atoms with E-state index in [9.17, 15) is 0 Å². The van der Waals surface area contributed by atoms with Gasteiger partial charge in [0.25, 0.3) is 0 Å². The molecule has 0 aliphatic carbocycles. The van der Waals surface area contributed by atoms with E-state index >= 15 is 0 Å². The summed E-state index contributed by atoms with van der Waals surface area (Å²) in [5.41, 5.74) is 0. The third kappa shape index (κ3) is 1.35. The fraction of sp³-hybridized carbons (Fsp3) is 0. The van der Waals surface area contributed by atoms with E-state index in [0.717, 1.165) is 0 Å². The minimum atomic E-state index is -2.82. The fourth-order valence-electron chi connectivity index (χ4n) is 0.706. The third-order valence-electron chi connectivity index (χ3n) is 1.21. The van der Waals surface area contributed by atoms with Gasteiger partial charge >= 0.3 is 9.28 Å². The highest BCUT2D eigenvalue weighted by Crippen LogP contribution is 2.02. The smallest absolute Gasteiger partial charge is 0.354 e. The maximum atomic E-state index is 9.00. The Morgan fingerprint density at radius 2 is 1.70 bits per heavy atom. The van der Waals surface area contributed by atoms with E-state index in [4.69, 9.17) is 14.7 Å². The van der Waals surface area contributed by atoms with Crippen LogP contribution in [0.1, 0.15) is 0 Å². The first-order valence-electron chi connectivity index (χ1n) is 2.86. The molecule has 10 heavy (non-hydrogen) atoms. The molecule has 3 N–H and O–H groups in total. The van der Waals surface area contributed by atoms with E-state index < -0.39 is 9.28 Å². The number of phenols is 1. The number of benzene rings is 1. The fourth-order valence-corrected chi connectivity index (χ4v) is 1.35. The highest BCUT2D eigenvalue weighted by atomic mass is 28.3. The van der Waals surface area contributed by atoms with Crippen molar-refractivity contribution in [1.29, 1.82) is 0 Å². The molecular weight excluding hydrogens is 148 g/mol. The summed E-state index contributed by atoms with van der Waals surface area (Å²) < 4.78 is 0. The summed E-state index contributed by atoms with van der Waals surface area (Å²) in [6.45, 7) is 0. The predicted molar refractivity (Wildman–Crippen MR) is 39.3 cm³/mol. The van der Waals surface area contributed by atoms with Crippen molar-refractivity contribution in [2.75, 3.05) is 0 Å². The largest absolute Gasteiger partial charge is 0.508 e. The second kappa shape index (κ2) is 2.83. The Morgan fingerprint density at radius 1 is 1.10 bits per heavy atom. The van der Waals surface area contributed by atoms with Gasteiger partial charge in [0, 0.05) is 5.19 Å². The highest BCUT2D eigenvalue weighted by molar-refractivity contribution is 6.59. The molecule has 0 spiro atoms.